The van der Waals surface area contributed by atoms with Gasteiger partial charge < -0.3 is 19.7 Å². The second-order valence-corrected chi connectivity index (χ2v) is 7.97. The van der Waals surface area contributed by atoms with Gasteiger partial charge in [-0.25, -0.2) is 4.79 Å². The summed E-state index contributed by atoms with van der Waals surface area (Å²) in [5.74, 6) is -2.07. The Bertz CT molecular complexity index is 972. The predicted octanol–water partition coefficient (Wildman–Crippen LogP) is 3.03. The zero-order valence-corrected chi connectivity index (χ0v) is 18.1. The van der Waals surface area contributed by atoms with Crippen LogP contribution < -0.4 is 10.2 Å². The fourth-order valence-corrected chi connectivity index (χ4v) is 3.19. The van der Waals surface area contributed by atoms with Crippen molar-refractivity contribution in [3.05, 3.63) is 60.2 Å². The van der Waals surface area contributed by atoms with Gasteiger partial charge in [-0.1, -0.05) is 32.0 Å². The first-order valence-electron chi connectivity index (χ1n) is 10.4. The number of carbonyl (C=O) groups excluding carboxylic acids is 4. The molecule has 0 aromatic heterocycles. The van der Waals surface area contributed by atoms with Gasteiger partial charge in [0.1, 0.15) is 0 Å². The molecule has 1 aliphatic rings. The smallest absolute Gasteiger partial charge is 0.338 e. The van der Waals surface area contributed by atoms with Crippen molar-refractivity contribution in [2.24, 2.45) is 11.8 Å². The number of ether oxygens (including phenoxy) is 2. The van der Waals surface area contributed by atoms with Gasteiger partial charge in [-0.05, 0) is 42.3 Å². The molecule has 8 nitrogen and oxygen atoms in total. The van der Waals surface area contributed by atoms with Gasteiger partial charge in [-0.2, -0.15) is 0 Å². The Morgan fingerprint density at radius 3 is 2.38 bits per heavy atom. The first kappa shape index (κ1) is 23.0. The minimum Gasteiger partial charge on any atom is -0.462 e. The molecule has 0 radical (unpaired) electrons. The zero-order valence-electron chi connectivity index (χ0n) is 18.1. The lowest BCUT2D eigenvalue weighted by atomic mass is 10.1. The van der Waals surface area contributed by atoms with Crippen LogP contribution in [0.3, 0.4) is 0 Å². The molecule has 2 amide bonds. The van der Waals surface area contributed by atoms with Gasteiger partial charge in [0.2, 0.25) is 5.91 Å². The van der Waals surface area contributed by atoms with Crippen molar-refractivity contribution < 1.29 is 28.7 Å². The van der Waals surface area contributed by atoms with Gasteiger partial charge >= 0.3 is 11.9 Å². The molecule has 8 heteroatoms. The third-order valence-corrected chi connectivity index (χ3v) is 4.82. The number of nitrogens with one attached hydrogen (secondary N) is 1. The number of esters is 2. The van der Waals surface area contributed by atoms with Gasteiger partial charge in [0.25, 0.3) is 5.91 Å². The van der Waals surface area contributed by atoms with Crippen LogP contribution in [0.25, 0.3) is 0 Å². The van der Waals surface area contributed by atoms with Crippen LogP contribution in [0.4, 0.5) is 11.4 Å². The van der Waals surface area contributed by atoms with E-state index in [0.717, 1.165) is 5.69 Å². The van der Waals surface area contributed by atoms with Crippen LogP contribution in [0, 0.1) is 11.8 Å². The second kappa shape index (κ2) is 10.6. The van der Waals surface area contributed by atoms with E-state index in [4.69, 9.17) is 9.47 Å². The van der Waals surface area contributed by atoms with Crippen molar-refractivity contribution >= 4 is 35.1 Å². The van der Waals surface area contributed by atoms with Gasteiger partial charge in [-0.3, -0.25) is 14.4 Å². The molecule has 2 aromatic rings. The standard InChI is InChI=1S/C24H26N2O6/c1-16(2)14-31-23(29)17-8-10-19(11-9-17)25-21(27)15-32-24(30)18-12-22(28)26(13-18)20-6-4-3-5-7-20/h3-11,16,18H,12-15H2,1-2H3,(H,25,27)/t18-/m0/s1. The number of anilines is 2. The molecule has 1 aliphatic heterocycles. The summed E-state index contributed by atoms with van der Waals surface area (Å²) >= 11 is 0. The Morgan fingerprint density at radius 2 is 1.72 bits per heavy atom. The Kier molecular flexibility index (Phi) is 7.59. The van der Waals surface area contributed by atoms with Gasteiger partial charge in [0.05, 0.1) is 18.1 Å². The molecule has 1 atom stereocenters. The van der Waals surface area contributed by atoms with E-state index in [2.05, 4.69) is 5.32 Å². The molecule has 168 valence electrons. The maximum Gasteiger partial charge on any atom is 0.338 e. The average molecular weight is 438 g/mol. The van der Waals surface area contributed by atoms with E-state index in [0.29, 0.717) is 17.9 Å². The summed E-state index contributed by atoms with van der Waals surface area (Å²) in [6.45, 7) is 3.98. The van der Waals surface area contributed by atoms with Crippen LogP contribution in [-0.2, 0) is 23.9 Å². The van der Waals surface area contributed by atoms with Crippen molar-refractivity contribution in [1.82, 2.24) is 0 Å². The number of hydrogen-bond donors (Lipinski definition) is 1. The van der Waals surface area contributed by atoms with E-state index in [1.165, 1.54) is 0 Å². The van der Waals surface area contributed by atoms with E-state index in [-0.39, 0.29) is 24.8 Å². The molecule has 0 aliphatic carbocycles. The minimum absolute atomic E-state index is 0.0454. The molecule has 1 fully saturated rings. The normalized spacial score (nSPS) is 15.5. The lowest BCUT2D eigenvalue weighted by Gasteiger charge is -2.16. The van der Waals surface area contributed by atoms with Crippen molar-refractivity contribution in [2.45, 2.75) is 20.3 Å². The topological polar surface area (TPSA) is 102 Å². The molecule has 0 bridgehead atoms. The quantitative estimate of drug-likeness (QED) is 0.636. The first-order chi connectivity index (χ1) is 15.3. The molecule has 3 rings (SSSR count). The summed E-state index contributed by atoms with van der Waals surface area (Å²) in [7, 11) is 0. The van der Waals surface area contributed by atoms with E-state index < -0.39 is 30.4 Å². The van der Waals surface area contributed by atoms with Crippen LogP contribution in [0.15, 0.2) is 54.6 Å². The average Bonchev–Trinajstić information content (AvgIpc) is 3.18. The molecule has 0 spiro atoms. The molecular formula is C24H26N2O6. The van der Waals surface area contributed by atoms with Crippen LogP contribution in [0.5, 0.6) is 0 Å². The maximum absolute atomic E-state index is 12.3. The van der Waals surface area contributed by atoms with E-state index in [1.54, 1.807) is 41.3 Å². The maximum atomic E-state index is 12.3. The number of nitrogens with zero attached hydrogens (tertiary/aromatic N) is 1. The highest BCUT2D eigenvalue weighted by molar-refractivity contribution is 6.00. The van der Waals surface area contributed by atoms with Gasteiger partial charge in [0.15, 0.2) is 6.61 Å². The molecule has 0 unspecified atom stereocenters. The zero-order chi connectivity index (χ0) is 23.1. The largest absolute Gasteiger partial charge is 0.462 e. The van der Waals surface area contributed by atoms with E-state index >= 15 is 0 Å². The van der Waals surface area contributed by atoms with E-state index in [1.807, 2.05) is 32.0 Å². The molecule has 32 heavy (non-hydrogen) atoms. The minimum atomic E-state index is -0.619. The van der Waals surface area contributed by atoms with Crippen molar-refractivity contribution in [3.8, 4) is 0 Å². The number of benzene rings is 2. The highest BCUT2D eigenvalue weighted by atomic mass is 16.5. The molecule has 2 aromatic carbocycles. The summed E-state index contributed by atoms with van der Waals surface area (Å²) in [5.41, 5.74) is 1.56. The molecule has 1 saturated heterocycles. The fraction of sp³-hybridized carbons (Fsp3) is 0.333. The summed E-state index contributed by atoms with van der Waals surface area (Å²) in [4.78, 5) is 50.1. The van der Waals surface area contributed by atoms with Crippen molar-refractivity contribution in [2.75, 3.05) is 30.0 Å². The first-order valence-corrected chi connectivity index (χ1v) is 10.4. The number of rotatable bonds is 8. The number of para-hydroxylation sites is 1. The van der Waals surface area contributed by atoms with Gasteiger partial charge in [-0.15, -0.1) is 0 Å². The van der Waals surface area contributed by atoms with Crippen LogP contribution in [0.2, 0.25) is 0 Å². The lowest BCUT2D eigenvalue weighted by molar-refractivity contribution is -0.151. The number of amides is 2. The highest BCUT2D eigenvalue weighted by Crippen LogP contribution is 2.25. The van der Waals surface area contributed by atoms with E-state index in [9.17, 15) is 19.2 Å². The van der Waals surface area contributed by atoms with Gasteiger partial charge in [0, 0.05) is 24.3 Å². The van der Waals surface area contributed by atoms with Crippen LogP contribution in [0.1, 0.15) is 30.6 Å². The summed E-state index contributed by atoms with van der Waals surface area (Å²) < 4.78 is 10.3. The van der Waals surface area contributed by atoms with Crippen molar-refractivity contribution in [1.29, 1.82) is 0 Å². The molecular weight excluding hydrogens is 412 g/mol. The summed E-state index contributed by atoms with van der Waals surface area (Å²) in [5, 5.41) is 2.60. The predicted molar refractivity (Wildman–Crippen MR) is 118 cm³/mol. The van der Waals surface area contributed by atoms with Crippen LogP contribution in [-0.4, -0.2) is 43.5 Å². The molecule has 0 saturated carbocycles. The third kappa shape index (κ3) is 6.16. The molecule has 1 N–H and O–H groups in total. The number of carbonyl (C=O) groups is 4. The number of hydrogen-bond acceptors (Lipinski definition) is 6. The Morgan fingerprint density at radius 1 is 1.03 bits per heavy atom. The SMILES string of the molecule is CC(C)COC(=O)c1ccc(NC(=O)COC(=O)[C@H]2CC(=O)N(c3ccccc3)C2)cc1. The third-order valence-electron chi connectivity index (χ3n) is 4.82. The highest BCUT2D eigenvalue weighted by Gasteiger charge is 2.36. The van der Waals surface area contributed by atoms with Crippen molar-refractivity contribution in [3.63, 3.8) is 0 Å². The fourth-order valence-electron chi connectivity index (χ4n) is 3.19. The Labute approximate surface area is 186 Å². The van der Waals surface area contributed by atoms with Crippen LogP contribution >= 0.6 is 0 Å². The monoisotopic (exact) mass is 438 g/mol. The second-order valence-electron chi connectivity index (χ2n) is 7.97. The summed E-state index contributed by atoms with van der Waals surface area (Å²) in [6, 6.07) is 15.3. The molecule has 1 heterocycles. The Balaban J connectivity index is 1.45. The summed E-state index contributed by atoms with van der Waals surface area (Å²) in [6.07, 6.45) is 0.0454. The Hall–Kier alpha value is -3.68. The lowest BCUT2D eigenvalue weighted by Crippen LogP contribution is -2.28.